The second-order valence-electron chi connectivity index (χ2n) is 18.0. The number of allylic oxidation sites excluding steroid dienone is 2. The zero-order valence-corrected chi connectivity index (χ0v) is 39.5. The van der Waals surface area contributed by atoms with Gasteiger partial charge in [0.2, 0.25) is 0 Å². The highest BCUT2D eigenvalue weighted by Gasteiger charge is 2.47. The molecule has 2 aliphatic rings. The van der Waals surface area contributed by atoms with Crippen molar-refractivity contribution in [1.82, 2.24) is 0 Å². The first-order chi connectivity index (χ1) is 31.0. The van der Waals surface area contributed by atoms with Gasteiger partial charge in [0.15, 0.2) is 18.7 Å². The van der Waals surface area contributed by atoms with Crippen molar-refractivity contribution in [1.29, 1.82) is 0 Å². The highest BCUT2D eigenvalue weighted by atomic mass is 16.7. The van der Waals surface area contributed by atoms with Crippen LogP contribution in [0.2, 0.25) is 0 Å². The van der Waals surface area contributed by atoms with Crippen LogP contribution in [0.3, 0.4) is 0 Å². The van der Waals surface area contributed by atoms with Crippen molar-refractivity contribution in [3.63, 3.8) is 0 Å². The molecule has 0 bridgehead atoms. The van der Waals surface area contributed by atoms with Gasteiger partial charge in [0.25, 0.3) is 0 Å². The summed E-state index contributed by atoms with van der Waals surface area (Å²) in [6.07, 6.45) is 18.1. The van der Waals surface area contributed by atoms with Gasteiger partial charge in [-0.1, -0.05) is 154 Å². The Kier molecular flexibility index (Phi) is 34.0. The van der Waals surface area contributed by atoms with Crippen LogP contribution in [-0.2, 0) is 38.0 Å². The number of hydrogen-bond donors (Lipinski definition) is 7. The second kappa shape index (κ2) is 37.2. The number of carbonyl (C=O) groups is 2. The molecule has 0 spiro atoms. The van der Waals surface area contributed by atoms with Gasteiger partial charge < -0.3 is 64.2 Å². The summed E-state index contributed by atoms with van der Waals surface area (Å²) >= 11 is 0. The molecule has 2 aliphatic heterocycles. The number of aliphatic hydroxyl groups is 7. The lowest BCUT2D eigenvalue weighted by molar-refractivity contribution is -0.332. The van der Waals surface area contributed by atoms with Gasteiger partial charge in [-0.3, -0.25) is 9.59 Å². The van der Waals surface area contributed by atoms with Gasteiger partial charge in [-0.25, -0.2) is 0 Å². The smallest absolute Gasteiger partial charge is 0.306 e. The molecule has 0 aromatic carbocycles. The summed E-state index contributed by atoms with van der Waals surface area (Å²) in [4.78, 5) is 25.7. The van der Waals surface area contributed by atoms with Gasteiger partial charge >= 0.3 is 11.9 Å². The molecule has 2 fully saturated rings. The van der Waals surface area contributed by atoms with Crippen molar-refractivity contribution >= 4 is 11.9 Å². The maximum Gasteiger partial charge on any atom is 0.306 e. The van der Waals surface area contributed by atoms with E-state index in [0.29, 0.717) is 12.8 Å². The summed E-state index contributed by atoms with van der Waals surface area (Å²) in [7, 11) is 0. The van der Waals surface area contributed by atoms with Crippen LogP contribution in [0.25, 0.3) is 0 Å². The van der Waals surface area contributed by atoms with Crippen molar-refractivity contribution in [3.05, 3.63) is 12.2 Å². The molecular formula is C49H90O15. The Hall–Kier alpha value is -1.76. The van der Waals surface area contributed by atoms with E-state index >= 15 is 0 Å². The van der Waals surface area contributed by atoms with E-state index in [1.807, 2.05) is 0 Å². The quantitative estimate of drug-likeness (QED) is 0.0196. The van der Waals surface area contributed by atoms with Gasteiger partial charge in [0.1, 0.15) is 55.4 Å². The van der Waals surface area contributed by atoms with E-state index in [1.165, 1.54) is 109 Å². The monoisotopic (exact) mass is 919 g/mol. The van der Waals surface area contributed by atoms with Crippen LogP contribution >= 0.6 is 0 Å². The SMILES string of the molecule is CCCCCC/C=C/CCCCCCCCCC(=O)OC[C@H](CO[C@@H]1O[C@H](CO[C@@H]2O[C@H](CO)[C@H](O)C(O)C2O)[C@H](O)C(O)C1O)OC(=O)CCCCCCCCCCCCCCC. The zero-order valence-electron chi connectivity index (χ0n) is 39.5. The molecule has 0 aromatic rings. The minimum atomic E-state index is -1.76. The van der Waals surface area contributed by atoms with Gasteiger partial charge in [-0.2, -0.15) is 0 Å². The summed E-state index contributed by atoms with van der Waals surface area (Å²) < 4.78 is 33.5. The summed E-state index contributed by atoms with van der Waals surface area (Å²) in [5.41, 5.74) is 0. The number of ether oxygens (including phenoxy) is 6. The first-order valence-electron chi connectivity index (χ1n) is 25.3. The van der Waals surface area contributed by atoms with Gasteiger partial charge in [0, 0.05) is 12.8 Å². The van der Waals surface area contributed by atoms with E-state index in [0.717, 1.165) is 44.9 Å². The predicted molar refractivity (Wildman–Crippen MR) is 243 cm³/mol. The molecule has 2 heterocycles. The molecule has 15 nitrogen and oxygen atoms in total. The normalized spacial score (nSPS) is 26.6. The first-order valence-corrected chi connectivity index (χ1v) is 25.3. The maximum absolute atomic E-state index is 13.0. The molecule has 0 radical (unpaired) electrons. The number of rotatable bonds is 39. The number of hydrogen-bond acceptors (Lipinski definition) is 15. The van der Waals surface area contributed by atoms with E-state index in [9.17, 15) is 45.3 Å². The van der Waals surface area contributed by atoms with Crippen LogP contribution in [0.1, 0.15) is 194 Å². The van der Waals surface area contributed by atoms with E-state index in [-0.39, 0.29) is 26.1 Å². The highest BCUT2D eigenvalue weighted by molar-refractivity contribution is 5.70. The van der Waals surface area contributed by atoms with Crippen LogP contribution in [0.15, 0.2) is 12.2 Å². The molecule has 376 valence electrons. The molecular weight excluding hydrogens is 829 g/mol. The standard InChI is InChI=1S/C49H90O15/c1-3-5-7-9-11-13-15-17-18-20-21-23-25-27-29-31-40(51)59-34-37(62-41(52)32-30-28-26-24-22-19-16-14-12-10-8-6-4-2)35-60-48-47(58)45(56)43(54)39(64-48)36-61-49-46(57)44(55)42(53)38(33-50)63-49/h13,15,37-39,42-50,53-58H,3-12,14,16-36H2,1-2H3/b15-13+/t37-,38-,39-,42+,43+,44?,45?,46?,47?,48-,49-/m1/s1. The summed E-state index contributed by atoms with van der Waals surface area (Å²) in [6.45, 7) is 2.58. The van der Waals surface area contributed by atoms with Gasteiger partial charge in [0.05, 0.1) is 19.8 Å². The molecule has 2 rings (SSSR count). The van der Waals surface area contributed by atoms with Crippen molar-refractivity contribution < 1.29 is 73.8 Å². The van der Waals surface area contributed by atoms with Crippen molar-refractivity contribution in [2.45, 2.75) is 261 Å². The summed E-state index contributed by atoms with van der Waals surface area (Å²) in [5.74, 6) is -0.922. The lowest BCUT2D eigenvalue weighted by Gasteiger charge is -2.42. The molecule has 0 saturated carbocycles. The molecule has 2 saturated heterocycles. The zero-order chi connectivity index (χ0) is 46.8. The minimum Gasteiger partial charge on any atom is -0.462 e. The first kappa shape index (κ1) is 58.4. The van der Waals surface area contributed by atoms with Crippen molar-refractivity contribution in [3.8, 4) is 0 Å². The average Bonchev–Trinajstić information content (AvgIpc) is 3.29. The largest absolute Gasteiger partial charge is 0.462 e. The van der Waals surface area contributed by atoms with E-state index in [1.54, 1.807) is 0 Å². The van der Waals surface area contributed by atoms with Crippen LogP contribution in [0, 0.1) is 0 Å². The number of aliphatic hydroxyl groups excluding tert-OH is 7. The molecule has 0 aliphatic carbocycles. The summed E-state index contributed by atoms with van der Waals surface area (Å²) in [6, 6.07) is 0. The van der Waals surface area contributed by atoms with E-state index < -0.39 is 92.7 Å². The van der Waals surface area contributed by atoms with Crippen molar-refractivity contribution in [2.24, 2.45) is 0 Å². The predicted octanol–water partition coefficient (Wildman–Crippen LogP) is 6.60. The number of unbranched alkanes of at least 4 members (excludes halogenated alkanes) is 23. The fraction of sp³-hybridized carbons (Fsp3) is 0.918. The van der Waals surface area contributed by atoms with Crippen LogP contribution in [0.5, 0.6) is 0 Å². The van der Waals surface area contributed by atoms with Crippen molar-refractivity contribution in [2.75, 3.05) is 26.4 Å². The number of esters is 2. The van der Waals surface area contributed by atoms with Crippen LogP contribution in [0.4, 0.5) is 0 Å². The highest BCUT2D eigenvalue weighted by Crippen LogP contribution is 2.26. The molecule has 0 amide bonds. The summed E-state index contributed by atoms with van der Waals surface area (Å²) in [5, 5.41) is 72.0. The third-order valence-corrected chi connectivity index (χ3v) is 12.2. The maximum atomic E-state index is 13.0. The minimum absolute atomic E-state index is 0.170. The van der Waals surface area contributed by atoms with Gasteiger partial charge in [-0.15, -0.1) is 0 Å². The molecule has 15 heteroatoms. The second-order valence-corrected chi connectivity index (χ2v) is 18.0. The fourth-order valence-corrected chi connectivity index (χ4v) is 8.04. The molecule has 11 atom stereocenters. The fourth-order valence-electron chi connectivity index (χ4n) is 8.04. The van der Waals surface area contributed by atoms with E-state index in [2.05, 4.69) is 26.0 Å². The lowest BCUT2D eigenvalue weighted by Crippen LogP contribution is -2.61. The number of carbonyl (C=O) groups excluding carboxylic acids is 2. The van der Waals surface area contributed by atoms with E-state index in [4.69, 9.17) is 28.4 Å². The Labute approximate surface area is 384 Å². The Morgan fingerprint density at radius 1 is 0.484 bits per heavy atom. The Morgan fingerprint density at radius 3 is 1.39 bits per heavy atom. The Balaban J connectivity index is 1.82. The van der Waals surface area contributed by atoms with Crippen LogP contribution < -0.4 is 0 Å². The molecule has 0 aromatic heterocycles. The molecule has 7 N–H and O–H groups in total. The van der Waals surface area contributed by atoms with Gasteiger partial charge in [-0.05, 0) is 38.5 Å². The Bertz CT molecular complexity index is 1170. The third-order valence-electron chi connectivity index (χ3n) is 12.2. The third kappa shape index (κ3) is 25.4. The average molecular weight is 919 g/mol. The van der Waals surface area contributed by atoms with Crippen LogP contribution in [-0.4, -0.2) is 142 Å². The Morgan fingerprint density at radius 2 is 0.891 bits per heavy atom. The molecule has 64 heavy (non-hydrogen) atoms. The molecule has 4 unspecified atom stereocenters. The lowest BCUT2D eigenvalue weighted by atomic mass is 9.98. The topological polar surface area (TPSA) is 231 Å².